The van der Waals surface area contributed by atoms with E-state index in [0.717, 1.165) is 25.2 Å². The summed E-state index contributed by atoms with van der Waals surface area (Å²) in [6.07, 6.45) is 3.80. The molecule has 1 aromatic rings. The summed E-state index contributed by atoms with van der Waals surface area (Å²) in [6.45, 7) is 7.72. The lowest BCUT2D eigenvalue weighted by atomic mass is 10.1. The highest BCUT2D eigenvalue weighted by Crippen LogP contribution is 2.30. The molecule has 1 fully saturated rings. The monoisotopic (exact) mass is 313 g/mol. The van der Waals surface area contributed by atoms with E-state index in [1.807, 2.05) is 18.2 Å². The number of nitrogens with one attached hydrogen (secondary N) is 1. The maximum atomic E-state index is 12.3. The van der Waals surface area contributed by atoms with Crippen molar-refractivity contribution < 1.29 is 9.59 Å². The fourth-order valence-electron chi connectivity index (χ4n) is 3.24. The maximum Gasteiger partial charge on any atom is 0.259 e. The van der Waals surface area contributed by atoms with E-state index in [2.05, 4.69) is 16.8 Å². The van der Waals surface area contributed by atoms with Crippen molar-refractivity contribution >= 4 is 17.5 Å². The molecule has 0 aliphatic carbocycles. The van der Waals surface area contributed by atoms with Gasteiger partial charge in [-0.05, 0) is 32.0 Å². The third-order valence-corrected chi connectivity index (χ3v) is 4.54. The Morgan fingerprint density at radius 3 is 2.52 bits per heavy atom. The summed E-state index contributed by atoms with van der Waals surface area (Å²) in [4.78, 5) is 28.3. The van der Waals surface area contributed by atoms with Crippen LogP contribution in [0.25, 0.3) is 5.70 Å². The Morgan fingerprint density at radius 2 is 1.83 bits per heavy atom. The molecule has 0 aromatic heterocycles. The van der Waals surface area contributed by atoms with Gasteiger partial charge in [-0.2, -0.15) is 0 Å². The number of hydrogen-bond donors (Lipinski definition) is 1. The molecule has 5 heteroatoms. The Hall–Kier alpha value is -2.14. The van der Waals surface area contributed by atoms with Gasteiger partial charge >= 0.3 is 0 Å². The summed E-state index contributed by atoms with van der Waals surface area (Å²) >= 11 is 0. The number of hydrogen-bond acceptors (Lipinski definition) is 3. The van der Waals surface area contributed by atoms with Gasteiger partial charge in [-0.25, -0.2) is 0 Å². The number of carbonyl (C=O) groups is 2. The van der Waals surface area contributed by atoms with Crippen molar-refractivity contribution in [3.05, 3.63) is 42.0 Å². The SMILES string of the molecule is C=C1c2ccccc2C(=O)N1CC(=O)NCCN1CCCCC1. The van der Waals surface area contributed by atoms with Crippen molar-refractivity contribution in [1.29, 1.82) is 0 Å². The number of carbonyl (C=O) groups excluding carboxylic acids is 2. The first-order chi connectivity index (χ1) is 11.2. The van der Waals surface area contributed by atoms with E-state index in [1.54, 1.807) is 6.07 Å². The lowest BCUT2D eigenvalue weighted by Gasteiger charge is -2.26. The normalized spacial score (nSPS) is 18.2. The minimum absolute atomic E-state index is 0.0341. The number of likely N-dealkylation sites (tertiary alicyclic amines) is 1. The molecule has 2 amide bonds. The number of amides is 2. The molecule has 0 unspecified atom stereocenters. The molecule has 0 atom stereocenters. The molecule has 2 aliphatic rings. The number of piperidine rings is 1. The number of fused-ring (bicyclic) bond motifs is 1. The van der Waals surface area contributed by atoms with E-state index in [9.17, 15) is 9.59 Å². The molecule has 0 radical (unpaired) electrons. The molecule has 5 nitrogen and oxygen atoms in total. The third-order valence-electron chi connectivity index (χ3n) is 4.54. The predicted molar refractivity (Wildman–Crippen MR) is 89.8 cm³/mol. The molecular formula is C18H23N3O2. The van der Waals surface area contributed by atoms with Crippen molar-refractivity contribution in [2.45, 2.75) is 19.3 Å². The van der Waals surface area contributed by atoms with Crippen LogP contribution in [0.5, 0.6) is 0 Å². The largest absolute Gasteiger partial charge is 0.353 e. The van der Waals surface area contributed by atoms with Crippen molar-refractivity contribution in [2.24, 2.45) is 0 Å². The highest BCUT2D eigenvalue weighted by Gasteiger charge is 2.31. The van der Waals surface area contributed by atoms with Crippen LogP contribution in [0.2, 0.25) is 0 Å². The average molecular weight is 313 g/mol. The highest BCUT2D eigenvalue weighted by molar-refractivity contribution is 6.10. The Kier molecular flexibility index (Phi) is 4.76. The zero-order chi connectivity index (χ0) is 16.2. The van der Waals surface area contributed by atoms with Crippen LogP contribution < -0.4 is 5.32 Å². The first-order valence-electron chi connectivity index (χ1n) is 8.26. The molecule has 1 saturated heterocycles. The Bertz CT molecular complexity index is 585. The van der Waals surface area contributed by atoms with Gasteiger partial charge < -0.3 is 10.2 Å². The van der Waals surface area contributed by atoms with Gasteiger partial charge in [0, 0.05) is 29.9 Å². The van der Waals surface area contributed by atoms with E-state index >= 15 is 0 Å². The molecule has 1 aromatic carbocycles. The molecule has 2 heterocycles. The Balaban J connectivity index is 1.49. The lowest BCUT2D eigenvalue weighted by molar-refractivity contribution is -0.121. The zero-order valence-corrected chi connectivity index (χ0v) is 13.4. The van der Waals surface area contributed by atoms with Crippen molar-refractivity contribution in [2.75, 3.05) is 32.7 Å². The van der Waals surface area contributed by atoms with Gasteiger partial charge in [-0.15, -0.1) is 0 Å². The second-order valence-corrected chi connectivity index (χ2v) is 6.14. The van der Waals surface area contributed by atoms with Gasteiger partial charge in [0.15, 0.2) is 0 Å². The van der Waals surface area contributed by atoms with E-state index < -0.39 is 0 Å². The lowest BCUT2D eigenvalue weighted by Crippen LogP contribution is -2.41. The molecule has 3 rings (SSSR count). The minimum atomic E-state index is -0.142. The summed E-state index contributed by atoms with van der Waals surface area (Å²) in [7, 11) is 0. The van der Waals surface area contributed by atoms with Crippen molar-refractivity contribution in [3.8, 4) is 0 Å². The Morgan fingerprint density at radius 1 is 1.13 bits per heavy atom. The van der Waals surface area contributed by atoms with Gasteiger partial charge in [-0.3, -0.25) is 14.5 Å². The van der Waals surface area contributed by atoms with Crippen LogP contribution in [-0.2, 0) is 4.79 Å². The fourth-order valence-corrected chi connectivity index (χ4v) is 3.24. The molecule has 0 spiro atoms. The number of nitrogens with zero attached hydrogens (tertiary/aromatic N) is 2. The summed E-state index contributed by atoms with van der Waals surface area (Å²) in [5, 5.41) is 2.91. The summed E-state index contributed by atoms with van der Waals surface area (Å²) < 4.78 is 0. The molecule has 122 valence electrons. The van der Waals surface area contributed by atoms with Gasteiger partial charge in [0.1, 0.15) is 6.54 Å². The van der Waals surface area contributed by atoms with Gasteiger partial charge in [0.05, 0.1) is 0 Å². The quantitative estimate of drug-likeness (QED) is 0.900. The van der Waals surface area contributed by atoms with Crippen LogP contribution in [0.3, 0.4) is 0 Å². The summed E-state index contributed by atoms with van der Waals surface area (Å²) in [6, 6.07) is 7.34. The predicted octanol–water partition coefficient (Wildman–Crippen LogP) is 1.72. The second kappa shape index (κ2) is 6.96. The van der Waals surface area contributed by atoms with Crippen LogP contribution >= 0.6 is 0 Å². The van der Waals surface area contributed by atoms with E-state index in [1.165, 1.54) is 24.2 Å². The summed E-state index contributed by atoms with van der Waals surface area (Å²) in [5.74, 6) is -0.277. The topological polar surface area (TPSA) is 52.7 Å². The van der Waals surface area contributed by atoms with E-state index in [-0.39, 0.29) is 18.4 Å². The first kappa shape index (κ1) is 15.7. The molecule has 1 N–H and O–H groups in total. The van der Waals surface area contributed by atoms with Crippen LogP contribution in [0.15, 0.2) is 30.8 Å². The second-order valence-electron chi connectivity index (χ2n) is 6.14. The molecular weight excluding hydrogens is 290 g/mol. The van der Waals surface area contributed by atoms with E-state index in [0.29, 0.717) is 17.8 Å². The average Bonchev–Trinajstić information content (AvgIpc) is 2.81. The zero-order valence-electron chi connectivity index (χ0n) is 13.4. The Labute approximate surface area is 137 Å². The standard InChI is InChI=1S/C18H23N3O2/c1-14-15-7-3-4-8-16(15)18(23)21(14)13-17(22)19-9-12-20-10-5-2-6-11-20/h3-4,7-8H,1-2,5-6,9-13H2,(H,19,22). The van der Waals surface area contributed by atoms with Gasteiger partial charge in [-0.1, -0.05) is 31.2 Å². The van der Waals surface area contributed by atoms with E-state index in [4.69, 9.17) is 0 Å². The molecule has 0 saturated carbocycles. The van der Waals surface area contributed by atoms with Crippen LogP contribution in [0, 0.1) is 0 Å². The van der Waals surface area contributed by atoms with Crippen molar-refractivity contribution in [3.63, 3.8) is 0 Å². The fraction of sp³-hybridized carbons (Fsp3) is 0.444. The minimum Gasteiger partial charge on any atom is -0.353 e. The molecule has 23 heavy (non-hydrogen) atoms. The van der Waals surface area contributed by atoms with Crippen LogP contribution in [-0.4, -0.2) is 54.3 Å². The molecule has 2 aliphatic heterocycles. The maximum absolute atomic E-state index is 12.3. The van der Waals surface area contributed by atoms with Gasteiger partial charge in [0.2, 0.25) is 5.91 Å². The number of rotatable bonds is 5. The summed E-state index contributed by atoms with van der Waals surface area (Å²) in [5.41, 5.74) is 2.05. The smallest absolute Gasteiger partial charge is 0.259 e. The van der Waals surface area contributed by atoms with Crippen LogP contribution in [0.1, 0.15) is 35.2 Å². The number of benzene rings is 1. The van der Waals surface area contributed by atoms with Gasteiger partial charge in [0.25, 0.3) is 5.91 Å². The molecule has 0 bridgehead atoms. The van der Waals surface area contributed by atoms with Crippen LogP contribution in [0.4, 0.5) is 0 Å². The third kappa shape index (κ3) is 3.45. The first-order valence-corrected chi connectivity index (χ1v) is 8.26. The highest BCUT2D eigenvalue weighted by atomic mass is 16.2. The van der Waals surface area contributed by atoms with Crippen molar-refractivity contribution in [1.82, 2.24) is 15.1 Å².